The number of rotatable bonds is 3. The molecule has 4 rings (SSSR count). The van der Waals surface area contributed by atoms with Gasteiger partial charge in [0, 0.05) is 18.1 Å². The molecule has 0 fully saturated rings. The number of methoxy groups -OCH3 is 1. The third kappa shape index (κ3) is 2.89. The number of hydrogen-bond donors (Lipinski definition) is 0. The largest absolute Gasteiger partial charge is 0.465 e. The summed E-state index contributed by atoms with van der Waals surface area (Å²) in [5.74, 6) is -0.540. The molecule has 0 radical (unpaired) electrons. The van der Waals surface area contributed by atoms with E-state index in [1.807, 2.05) is 44.2 Å². The molecule has 0 aliphatic carbocycles. The van der Waals surface area contributed by atoms with Gasteiger partial charge in [0.25, 0.3) is 5.56 Å². The van der Waals surface area contributed by atoms with Crippen LogP contribution in [0.25, 0.3) is 22.6 Å². The molecule has 0 N–H and O–H groups in total. The maximum absolute atomic E-state index is 13.0. The fraction of sp³-hybridized carbons (Fsp3) is 0.136. The third-order valence-corrected chi connectivity index (χ3v) is 4.71. The highest BCUT2D eigenvalue weighted by Gasteiger charge is 2.25. The minimum atomic E-state index is -0.540. The number of carbonyl (C=O) groups excluding carboxylic acids is 1. The zero-order valence-electron chi connectivity index (χ0n) is 15.8. The molecule has 0 amide bonds. The number of aryl methyl sites for hydroxylation is 2. The van der Waals surface area contributed by atoms with Crippen LogP contribution in [-0.2, 0) is 4.74 Å². The molecule has 2 aromatic carbocycles. The molecule has 0 saturated heterocycles. The zero-order chi connectivity index (χ0) is 19.8. The second-order valence-corrected chi connectivity index (χ2v) is 6.68. The molecule has 2 aromatic rings. The molecule has 28 heavy (non-hydrogen) atoms. The molecule has 0 bridgehead atoms. The quantitative estimate of drug-likeness (QED) is 0.515. The molecule has 6 nitrogen and oxygen atoms in total. The topological polar surface area (TPSA) is 66.1 Å². The third-order valence-electron chi connectivity index (χ3n) is 4.71. The van der Waals surface area contributed by atoms with Crippen molar-refractivity contribution in [2.75, 3.05) is 7.11 Å². The lowest BCUT2D eigenvalue weighted by Crippen LogP contribution is -2.15. The summed E-state index contributed by atoms with van der Waals surface area (Å²) in [5, 5.41) is 4.41. The van der Waals surface area contributed by atoms with Crippen LogP contribution in [0.1, 0.15) is 21.5 Å². The molecule has 0 aromatic heterocycles. The van der Waals surface area contributed by atoms with Gasteiger partial charge in [-0.2, -0.15) is 9.78 Å². The molecule has 2 aliphatic heterocycles. The Labute approximate surface area is 162 Å². The van der Waals surface area contributed by atoms with Crippen molar-refractivity contribution < 1.29 is 9.53 Å². The highest BCUT2D eigenvalue weighted by atomic mass is 16.5. The van der Waals surface area contributed by atoms with Crippen LogP contribution in [0.3, 0.4) is 0 Å². The van der Waals surface area contributed by atoms with Gasteiger partial charge in [0.15, 0.2) is 0 Å². The second kappa shape index (κ2) is 6.81. The van der Waals surface area contributed by atoms with E-state index in [2.05, 4.69) is 11.2 Å². The minimum absolute atomic E-state index is 0.242. The molecule has 6 heteroatoms. The van der Waals surface area contributed by atoms with Crippen molar-refractivity contribution in [2.45, 2.75) is 13.8 Å². The van der Waals surface area contributed by atoms with Crippen molar-refractivity contribution in [1.29, 1.82) is 0 Å². The summed E-state index contributed by atoms with van der Waals surface area (Å²) < 4.78 is 8.02. The molecule has 2 aliphatic rings. The van der Waals surface area contributed by atoms with Crippen molar-refractivity contribution in [2.24, 2.45) is 0 Å². The Hall–Kier alpha value is -3.67. The minimum Gasteiger partial charge on any atom is -0.465 e. The molecular formula is C22H19N3O3. The molecule has 0 spiro atoms. The van der Waals surface area contributed by atoms with Crippen LogP contribution in [0.15, 0.2) is 65.7 Å². The van der Waals surface area contributed by atoms with Crippen LogP contribution in [0.4, 0.5) is 0 Å². The van der Waals surface area contributed by atoms with E-state index >= 15 is 0 Å². The number of carbonyl (C=O) groups is 1. The summed E-state index contributed by atoms with van der Waals surface area (Å²) in [7, 11) is 1.31. The molecular weight excluding hydrogens is 354 g/mol. The van der Waals surface area contributed by atoms with Crippen LogP contribution in [0.2, 0.25) is 0 Å². The monoisotopic (exact) mass is 373 g/mol. The van der Waals surface area contributed by atoms with Gasteiger partial charge in [-0.1, -0.05) is 35.9 Å². The van der Waals surface area contributed by atoms with Gasteiger partial charge in [0.2, 0.25) is 0 Å². The number of para-hydroxylation sites is 1. The Morgan fingerprint density at radius 1 is 1.04 bits per heavy atom. The highest BCUT2D eigenvalue weighted by Crippen LogP contribution is 2.26. The van der Waals surface area contributed by atoms with Crippen molar-refractivity contribution >= 4 is 5.97 Å². The van der Waals surface area contributed by atoms with Crippen molar-refractivity contribution in [3.8, 4) is 22.6 Å². The van der Waals surface area contributed by atoms with Gasteiger partial charge in [-0.3, -0.25) is 4.79 Å². The fourth-order valence-electron chi connectivity index (χ4n) is 3.34. The summed E-state index contributed by atoms with van der Waals surface area (Å²) in [5.41, 5.74) is 4.31. The first-order valence-corrected chi connectivity index (χ1v) is 8.86. The molecule has 140 valence electrons. The Morgan fingerprint density at radius 3 is 2.46 bits per heavy atom. The van der Waals surface area contributed by atoms with Gasteiger partial charge in [-0.25, -0.2) is 4.79 Å². The Kier molecular flexibility index (Phi) is 4.31. The first-order chi connectivity index (χ1) is 13.5. The Morgan fingerprint density at radius 2 is 1.79 bits per heavy atom. The lowest BCUT2D eigenvalue weighted by atomic mass is 10.1. The van der Waals surface area contributed by atoms with Gasteiger partial charge in [0.05, 0.1) is 18.4 Å². The van der Waals surface area contributed by atoms with Crippen LogP contribution in [0, 0.1) is 13.8 Å². The van der Waals surface area contributed by atoms with E-state index in [0.717, 1.165) is 16.8 Å². The van der Waals surface area contributed by atoms with Crippen LogP contribution in [0.5, 0.6) is 0 Å². The van der Waals surface area contributed by atoms with Crippen molar-refractivity contribution in [3.05, 3.63) is 88.0 Å². The number of aromatic nitrogens is 3. The van der Waals surface area contributed by atoms with Crippen LogP contribution < -0.4 is 5.56 Å². The van der Waals surface area contributed by atoms with Gasteiger partial charge in [-0.05, 0) is 37.6 Å². The normalized spacial score (nSPS) is 11.0. The summed E-state index contributed by atoms with van der Waals surface area (Å²) in [6.45, 7) is 4.01. The van der Waals surface area contributed by atoms with Gasteiger partial charge in [-0.15, -0.1) is 0 Å². The number of benzene rings is 2. The Bertz CT molecular complexity index is 1210. The predicted molar refractivity (Wildman–Crippen MR) is 107 cm³/mol. The fourth-order valence-corrected chi connectivity index (χ4v) is 3.34. The van der Waals surface area contributed by atoms with Crippen LogP contribution >= 0.6 is 0 Å². The lowest BCUT2D eigenvalue weighted by Gasteiger charge is -2.14. The SMILES string of the molecule is COC(=O)c1cn(-c2ccc(C)cc2C)cc2c(=O)n(-c3ccccc3)nc1-2. The lowest BCUT2D eigenvalue weighted by molar-refractivity contribution is 0.0600. The maximum Gasteiger partial charge on any atom is 0.341 e. The standard InChI is InChI=1S/C22H19N3O3/c1-14-9-10-19(15(2)11-14)24-12-17-20(18(13-24)22(27)28-3)23-25(21(17)26)16-7-5-4-6-8-16/h4-13H,1-3H3. The van der Waals surface area contributed by atoms with Crippen molar-refractivity contribution in [3.63, 3.8) is 0 Å². The van der Waals surface area contributed by atoms with E-state index in [-0.39, 0.29) is 11.1 Å². The molecule has 2 heterocycles. The number of fused-ring (bicyclic) bond motifs is 1. The van der Waals surface area contributed by atoms with E-state index in [1.54, 1.807) is 29.1 Å². The average Bonchev–Trinajstić information content (AvgIpc) is 3.04. The van der Waals surface area contributed by atoms with Crippen molar-refractivity contribution in [1.82, 2.24) is 14.3 Å². The molecule has 0 unspecified atom stereocenters. The summed E-state index contributed by atoms with van der Waals surface area (Å²) >= 11 is 0. The van der Waals surface area contributed by atoms with E-state index < -0.39 is 5.97 Å². The number of ether oxygens (including phenoxy) is 1. The van der Waals surface area contributed by atoms with E-state index in [0.29, 0.717) is 16.9 Å². The van der Waals surface area contributed by atoms with Crippen LogP contribution in [-0.4, -0.2) is 27.4 Å². The van der Waals surface area contributed by atoms with Gasteiger partial charge >= 0.3 is 5.97 Å². The number of esters is 1. The van der Waals surface area contributed by atoms with E-state index in [4.69, 9.17) is 4.74 Å². The smallest absolute Gasteiger partial charge is 0.341 e. The number of nitrogens with zero attached hydrogens (tertiary/aromatic N) is 3. The second-order valence-electron chi connectivity index (χ2n) is 6.68. The maximum atomic E-state index is 13.0. The molecule has 0 atom stereocenters. The van der Waals surface area contributed by atoms with E-state index in [9.17, 15) is 9.59 Å². The first-order valence-electron chi connectivity index (χ1n) is 8.86. The highest BCUT2D eigenvalue weighted by molar-refractivity contribution is 5.96. The number of hydrogen-bond acceptors (Lipinski definition) is 4. The zero-order valence-corrected chi connectivity index (χ0v) is 15.8. The average molecular weight is 373 g/mol. The van der Waals surface area contributed by atoms with Gasteiger partial charge < -0.3 is 9.30 Å². The first kappa shape index (κ1) is 17.7. The molecule has 0 saturated carbocycles. The predicted octanol–water partition coefficient (Wildman–Crippen LogP) is 3.53. The summed E-state index contributed by atoms with van der Waals surface area (Å²) in [4.78, 5) is 25.5. The summed E-state index contributed by atoms with van der Waals surface area (Å²) in [6, 6.07) is 15.1. The summed E-state index contributed by atoms with van der Waals surface area (Å²) in [6.07, 6.45) is 3.38. The number of pyridine rings is 1. The van der Waals surface area contributed by atoms with E-state index in [1.165, 1.54) is 11.8 Å². The Balaban J connectivity index is 2.02. The van der Waals surface area contributed by atoms with Gasteiger partial charge in [0.1, 0.15) is 11.3 Å².